The lowest BCUT2D eigenvalue weighted by Gasteiger charge is -2.44. The van der Waals surface area contributed by atoms with E-state index in [9.17, 15) is 4.79 Å². The molecule has 41 heavy (non-hydrogen) atoms. The fourth-order valence-electron chi connectivity index (χ4n) is 5.93. The number of nitrogens with zero attached hydrogens (tertiary/aromatic N) is 1. The van der Waals surface area contributed by atoms with Gasteiger partial charge in [0.15, 0.2) is 0 Å². The molecule has 1 aliphatic rings. The third-order valence-electron chi connectivity index (χ3n) is 7.75. The molecule has 218 valence electrons. The molecule has 1 amide bonds. The first-order valence-electron chi connectivity index (χ1n) is 14.6. The van der Waals surface area contributed by atoms with E-state index in [1.165, 1.54) is 15.9 Å². The first-order chi connectivity index (χ1) is 19.4. The second kappa shape index (κ2) is 12.8. The monoisotopic (exact) mass is 570 g/mol. The van der Waals surface area contributed by atoms with E-state index in [0.717, 1.165) is 0 Å². The Bertz CT molecular complexity index is 1230. The molecule has 1 saturated heterocycles. The third-order valence-corrected chi connectivity index (χ3v) is 12.8. The van der Waals surface area contributed by atoms with Gasteiger partial charge in [0.05, 0.1) is 12.1 Å². The van der Waals surface area contributed by atoms with Crippen LogP contribution in [-0.2, 0) is 15.7 Å². The quantitative estimate of drug-likeness (QED) is 0.243. The molecule has 0 saturated carbocycles. The highest BCUT2D eigenvalue weighted by Gasteiger charge is 2.53. The number of hydrogen-bond donors (Lipinski definition) is 1. The number of benzene rings is 3. The number of carbonyl (C=O) groups is 1. The highest BCUT2D eigenvalue weighted by atomic mass is 28.4. The molecule has 0 bridgehead atoms. The van der Waals surface area contributed by atoms with Crippen LogP contribution in [0.1, 0.15) is 53.5 Å². The van der Waals surface area contributed by atoms with Gasteiger partial charge >= 0.3 is 6.09 Å². The largest absolute Gasteiger partial charge is 0.444 e. The van der Waals surface area contributed by atoms with Crippen LogP contribution >= 0.6 is 0 Å². The van der Waals surface area contributed by atoms with Gasteiger partial charge in [-0.25, -0.2) is 4.79 Å². The molecule has 3 aromatic rings. The smallest absolute Gasteiger partial charge is 0.410 e. The van der Waals surface area contributed by atoms with Gasteiger partial charge in [0, 0.05) is 19.1 Å². The summed E-state index contributed by atoms with van der Waals surface area (Å²) in [6, 6.07) is 31.3. The van der Waals surface area contributed by atoms with Crippen molar-refractivity contribution >= 4 is 24.8 Å². The number of nitrogens with one attached hydrogen (secondary N) is 1. The average Bonchev–Trinajstić information content (AvgIpc) is 3.36. The minimum atomic E-state index is -2.80. The molecule has 1 heterocycles. The number of carbonyl (C=O) groups excluding carboxylic acids is 1. The number of hydrogen-bond acceptors (Lipinski definition) is 4. The Morgan fingerprint density at radius 2 is 1.44 bits per heavy atom. The first kappa shape index (κ1) is 30.8. The van der Waals surface area contributed by atoms with Crippen LogP contribution in [0, 0.1) is 0 Å². The van der Waals surface area contributed by atoms with Crippen LogP contribution in [0.15, 0.2) is 104 Å². The van der Waals surface area contributed by atoms with E-state index in [2.05, 4.69) is 105 Å². The summed E-state index contributed by atoms with van der Waals surface area (Å²) >= 11 is 0. The van der Waals surface area contributed by atoms with E-state index >= 15 is 0 Å². The second-order valence-corrected chi connectivity index (χ2v) is 17.2. The summed E-state index contributed by atoms with van der Waals surface area (Å²) in [5, 5.41) is 5.94. The van der Waals surface area contributed by atoms with Crippen LogP contribution < -0.4 is 15.7 Å². The molecule has 3 aromatic carbocycles. The lowest BCUT2D eigenvalue weighted by atomic mass is 10.0. The van der Waals surface area contributed by atoms with E-state index in [4.69, 9.17) is 9.16 Å². The van der Waals surface area contributed by atoms with E-state index < -0.39 is 13.9 Å². The maximum atomic E-state index is 13.6. The Hall–Kier alpha value is -3.19. The number of rotatable bonds is 9. The van der Waals surface area contributed by atoms with Crippen molar-refractivity contribution in [3.05, 3.63) is 109 Å². The minimum Gasteiger partial charge on any atom is -0.444 e. The zero-order chi connectivity index (χ0) is 29.7. The Morgan fingerprint density at radius 1 is 0.927 bits per heavy atom. The van der Waals surface area contributed by atoms with Crippen LogP contribution in [0.2, 0.25) is 5.04 Å². The van der Waals surface area contributed by atoms with Crippen molar-refractivity contribution in [2.24, 2.45) is 0 Å². The summed E-state index contributed by atoms with van der Waals surface area (Å²) in [5.41, 5.74) is 0.584. The summed E-state index contributed by atoms with van der Waals surface area (Å²) < 4.78 is 13.4. The lowest BCUT2D eigenvalue weighted by molar-refractivity contribution is 0.0194. The van der Waals surface area contributed by atoms with Gasteiger partial charge in [-0.15, -0.1) is 6.58 Å². The Kier molecular flexibility index (Phi) is 9.57. The SMILES string of the molecule is C=C[C@@H](NCc1ccccc1)[C@@H]1C[C@@H](O[Si](c2ccccc2)(c2ccccc2)C(C)(C)C)CN1C(=O)OC(C)(C)C. The summed E-state index contributed by atoms with van der Waals surface area (Å²) in [5.74, 6) is 0. The van der Waals surface area contributed by atoms with Gasteiger partial charge in [-0.1, -0.05) is 118 Å². The fraction of sp³-hybridized carbons (Fsp3) is 0.400. The molecule has 0 unspecified atom stereocenters. The molecule has 0 aromatic heterocycles. The fourth-order valence-corrected chi connectivity index (χ4v) is 10.6. The highest BCUT2D eigenvalue weighted by Crippen LogP contribution is 2.39. The van der Waals surface area contributed by atoms with Crippen LogP contribution in [0.3, 0.4) is 0 Å². The van der Waals surface area contributed by atoms with Gasteiger partial charge in [0.2, 0.25) is 0 Å². The Morgan fingerprint density at radius 3 is 1.90 bits per heavy atom. The molecule has 5 nitrogen and oxygen atoms in total. The van der Waals surface area contributed by atoms with Gasteiger partial charge < -0.3 is 19.4 Å². The van der Waals surface area contributed by atoms with Gasteiger partial charge in [-0.2, -0.15) is 0 Å². The van der Waals surface area contributed by atoms with Crippen LogP contribution in [0.25, 0.3) is 0 Å². The third kappa shape index (κ3) is 7.18. The Balaban J connectivity index is 1.70. The zero-order valence-corrected chi connectivity index (χ0v) is 26.5. The summed E-state index contributed by atoms with van der Waals surface area (Å²) in [6.45, 7) is 17.9. The molecule has 3 atom stereocenters. The van der Waals surface area contributed by atoms with Crippen molar-refractivity contribution in [1.29, 1.82) is 0 Å². The predicted molar refractivity (Wildman–Crippen MR) is 171 cm³/mol. The van der Waals surface area contributed by atoms with E-state index in [-0.39, 0.29) is 29.3 Å². The molecular formula is C35H46N2O3Si. The van der Waals surface area contributed by atoms with Crippen molar-refractivity contribution in [2.45, 2.75) is 83.3 Å². The van der Waals surface area contributed by atoms with E-state index in [1.54, 1.807) is 0 Å². The summed E-state index contributed by atoms with van der Waals surface area (Å²) in [4.78, 5) is 15.5. The van der Waals surface area contributed by atoms with Crippen molar-refractivity contribution in [3.63, 3.8) is 0 Å². The highest BCUT2D eigenvalue weighted by molar-refractivity contribution is 6.99. The maximum Gasteiger partial charge on any atom is 0.410 e. The normalized spacial score (nSPS) is 18.6. The van der Waals surface area contributed by atoms with E-state index in [1.807, 2.05) is 49.9 Å². The molecular weight excluding hydrogens is 524 g/mol. The van der Waals surface area contributed by atoms with Crippen LogP contribution in [0.4, 0.5) is 4.79 Å². The van der Waals surface area contributed by atoms with Crippen molar-refractivity contribution in [1.82, 2.24) is 10.2 Å². The molecule has 4 rings (SSSR count). The van der Waals surface area contributed by atoms with Crippen LogP contribution in [-0.4, -0.2) is 49.6 Å². The molecule has 1 aliphatic heterocycles. The number of likely N-dealkylation sites (tertiary alicyclic amines) is 1. The lowest BCUT2D eigenvalue weighted by Crippen LogP contribution is -2.67. The number of ether oxygens (including phenoxy) is 1. The topological polar surface area (TPSA) is 50.8 Å². The summed E-state index contributed by atoms with van der Waals surface area (Å²) in [6.07, 6.45) is 2.11. The molecule has 0 spiro atoms. The van der Waals surface area contributed by atoms with Gasteiger partial charge in [-0.3, -0.25) is 0 Å². The minimum absolute atomic E-state index is 0.129. The second-order valence-electron chi connectivity index (χ2n) is 13.0. The standard InChI is InChI=1S/C35H46N2O3Si/c1-8-31(36-25-27-18-12-9-13-19-27)32-24-28(26-37(32)33(38)39-34(2,3)4)40-41(35(5,6)7,29-20-14-10-15-21-29)30-22-16-11-17-23-30/h8-23,28,31-32,36H,1,24-26H2,2-7H3/t28-,31-,32+/m1/s1. The zero-order valence-electron chi connectivity index (χ0n) is 25.5. The van der Waals surface area contributed by atoms with E-state index in [0.29, 0.717) is 19.5 Å². The first-order valence-corrected chi connectivity index (χ1v) is 16.5. The molecule has 0 radical (unpaired) electrons. The molecule has 1 N–H and O–H groups in total. The van der Waals surface area contributed by atoms with Gasteiger partial charge in [0.25, 0.3) is 8.32 Å². The van der Waals surface area contributed by atoms with Crippen LogP contribution in [0.5, 0.6) is 0 Å². The van der Waals surface area contributed by atoms with Crippen molar-refractivity contribution in [2.75, 3.05) is 6.54 Å². The van der Waals surface area contributed by atoms with Gasteiger partial charge in [0.1, 0.15) is 5.60 Å². The molecule has 6 heteroatoms. The van der Waals surface area contributed by atoms with Crippen molar-refractivity contribution in [3.8, 4) is 0 Å². The maximum absolute atomic E-state index is 13.6. The molecule has 1 fully saturated rings. The van der Waals surface area contributed by atoms with Gasteiger partial charge in [-0.05, 0) is 48.2 Å². The molecule has 0 aliphatic carbocycles. The Labute approximate surface area is 247 Å². The predicted octanol–water partition coefficient (Wildman–Crippen LogP) is 6.29. The number of amides is 1. The average molecular weight is 571 g/mol. The summed E-state index contributed by atoms with van der Waals surface area (Å²) in [7, 11) is -2.80. The van der Waals surface area contributed by atoms with Crippen molar-refractivity contribution < 1.29 is 14.0 Å².